The smallest absolute Gasteiger partial charge is 0.240 e. The number of carbonyl (C=O) groups excluding carboxylic acids is 1. The number of rotatable bonds is 5. The quantitative estimate of drug-likeness (QED) is 0.700. The molecule has 0 unspecified atom stereocenters. The fourth-order valence-electron chi connectivity index (χ4n) is 2.23. The Balaban J connectivity index is 1.75. The number of amides is 1. The summed E-state index contributed by atoms with van der Waals surface area (Å²) in [4.78, 5) is 20.3. The molecular formula is C16H17N7OS. The van der Waals surface area contributed by atoms with Crippen molar-refractivity contribution in [3.8, 4) is 5.69 Å². The number of tetrazole rings is 1. The van der Waals surface area contributed by atoms with E-state index in [-0.39, 0.29) is 11.9 Å². The van der Waals surface area contributed by atoms with E-state index in [0.29, 0.717) is 5.16 Å². The summed E-state index contributed by atoms with van der Waals surface area (Å²) >= 11 is 1.27. The van der Waals surface area contributed by atoms with Gasteiger partial charge >= 0.3 is 0 Å². The van der Waals surface area contributed by atoms with Crippen molar-refractivity contribution in [1.29, 1.82) is 0 Å². The van der Waals surface area contributed by atoms with Gasteiger partial charge in [0.1, 0.15) is 0 Å². The van der Waals surface area contributed by atoms with E-state index in [1.165, 1.54) is 17.3 Å². The van der Waals surface area contributed by atoms with Gasteiger partial charge < -0.3 is 0 Å². The fraction of sp³-hybridized carbons (Fsp3) is 0.250. The molecule has 2 heterocycles. The summed E-state index contributed by atoms with van der Waals surface area (Å²) in [5.41, 5.74) is 3.11. The molecule has 0 saturated carbocycles. The van der Waals surface area contributed by atoms with E-state index in [1.54, 1.807) is 30.1 Å². The largest absolute Gasteiger partial charge is 0.294 e. The third kappa shape index (κ3) is 4.00. The first-order valence-electron chi connectivity index (χ1n) is 7.65. The van der Waals surface area contributed by atoms with Crippen molar-refractivity contribution in [1.82, 2.24) is 30.2 Å². The number of anilines is 1. The first-order chi connectivity index (χ1) is 12.0. The second kappa shape index (κ2) is 7.39. The topological polar surface area (TPSA) is 98.5 Å². The minimum absolute atomic E-state index is 0.216. The summed E-state index contributed by atoms with van der Waals surface area (Å²) in [5.74, 6) is 0.0558. The number of hydrogen-bond donors (Lipinski definition) is 1. The van der Waals surface area contributed by atoms with Gasteiger partial charge in [-0.2, -0.15) is 4.68 Å². The van der Waals surface area contributed by atoms with Gasteiger partial charge in [-0.25, -0.2) is 9.97 Å². The molecule has 0 saturated heterocycles. The van der Waals surface area contributed by atoms with Crippen LogP contribution >= 0.6 is 11.8 Å². The van der Waals surface area contributed by atoms with Gasteiger partial charge in [0, 0.05) is 12.4 Å². The van der Waals surface area contributed by atoms with Gasteiger partial charge in [0.25, 0.3) is 0 Å². The Kier molecular flexibility index (Phi) is 5.03. The van der Waals surface area contributed by atoms with Crippen LogP contribution in [0.15, 0.2) is 41.8 Å². The van der Waals surface area contributed by atoms with Gasteiger partial charge in [-0.15, -0.1) is 5.10 Å². The van der Waals surface area contributed by atoms with Gasteiger partial charge in [0.15, 0.2) is 0 Å². The highest BCUT2D eigenvalue weighted by Crippen LogP contribution is 2.25. The minimum atomic E-state index is -0.417. The zero-order chi connectivity index (χ0) is 17.8. The molecule has 1 atom stereocenters. The second-order valence-corrected chi connectivity index (χ2v) is 6.79. The van der Waals surface area contributed by atoms with Gasteiger partial charge in [-0.05, 0) is 48.9 Å². The Morgan fingerprint density at radius 1 is 1.24 bits per heavy atom. The fourth-order valence-corrected chi connectivity index (χ4v) is 3.03. The monoisotopic (exact) mass is 355 g/mol. The average molecular weight is 355 g/mol. The molecule has 1 N–H and O–H groups in total. The predicted molar refractivity (Wildman–Crippen MR) is 94.6 cm³/mol. The number of benzene rings is 1. The van der Waals surface area contributed by atoms with Crippen molar-refractivity contribution in [3.63, 3.8) is 0 Å². The third-order valence-electron chi connectivity index (χ3n) is 3.47. The Morgan fingerprint density at radius 3 is 2.72 bits per heavy atom. The molecule has 8 nitrogen and oxygen atoms in total. The third-order valence-corrected chi connectivity index (χ3v) is 4.51. The van der Waals surface area contributed by atoms with E-state index in [9.17, 15) is 4.79 Å². The van der Waals surface area contributed by atoms with E-state index >= 15 is 0 Å². The highest BCUT2D eigenvalue weighted by molar-refractivity contribution is 8.00. The number of aromatic nitrogens is 6. The van der Waals surface area contributed by atoms with Crippen LogP contribution in [0.3, 0.4) is 0 Å². The zero-order valence-corrected chi connectivity index (χ0v) is 14.9. The molecule has 0 aliphatic carbocycles. The Labute approximate surface area is 149 Å². The number of aryl methyl sites for hydroxylation is 2. The van der Waals surface area contributed by atoms with Crippen molar-refractivity contribution in [2.45, 2.75) is 31.2 Å². The maximum absolute atomic E-state index is 12.3. The molecule has 0 aliphatic rings. The van der Waals surface area contributed by atoms with E-state index in [2.05, 4.69) is 36.9 Å². The second-order valence-electron chi connectivity index (χ2n) is 5.48. The van der Waals surface area contributed by atoms with Crippen LogP contribution in [-0.4, -0.2) is 41.3 Å². The van der Waals surface area contributed by atoms with Crippen molar-refractivity contribution >= 4 is 23.6 Å². The van der Waals surface area contributed by atoms with Gasteiger partial charge in [-0.3, -0.25) is 10.1 Å². The normalized spacial score (nSPS) is 12.0. The number of nitrogens with zero attached hydrogens (tertiary/aromatic N) is 6. The molecule has 3 rings (SSSR count). The molecule has 1 aromatic carbocycles. The van der Waals surface area contributed by atoms with E-state index < -0.39 is 5.25 Å². The van der Waals surface area contributed by atoms with Crippen LogP contribution in [0.25, 0.3) is 5.69 Å². The lowest BCUT2D eigenvalue weighted by atomic mass is 10.1. The number of hydrogen-bond acceptors (Lipinski definition) is 7. The van der Waals surface area contributed by atoms with E-state index in [4.69, 9.17) is 0 Å². The molecule has 2 aromatic heterocycles. The minimum Gasteiger partial charge on any atom is -0.294 e. The lowest BCUT2D eigenvalue weighted by Crippen LogP contribution is -2.24. The van der Waals surface area contributed by atoms with Crippen molar-refractivity contribution in [3.05, 3.63) is 47.8 Å². The standard InChI is InChI=1S/C16H17N7OS/c1-10-5-6-13(11(2)9-10)23-16(20-21-22-23)25-12(3)14(24)19-15-17-7-4-8-18-15/h4-9,12H,1-3H3,(H,17,18,19,24)/t12-/m0/s1. The molecule has 0 radical (unpaired) electrons. The molecule has 1 amide bonds. The molecule has 0 aliphatic heterocycles. The van der Waals surface area contributed by atoms with Crippen LogP contribution in [0.4, 0.5) is 5.95 Å². The summed E-state index contributed by atoms with van der Waals surface area (Å²) in [6.07, 6.45) is 3.14. The highest BCUT2D eigenvalue weighted by atomic mass is 32.2. The highest BCUT2D eigenvalue weighted by Gasteiger charge is 2.20. The average Bonchev–Trinajstić information content (AvgIpc) is 3.03. The molecule has 9 heteroatoms. The van der Waals surface area contributed by atoms with Crippen LogP contribution in [0.2, 0.25) is 0 Å². The maximum Gasteiger partial charge on any atom is 0.240 e. The summed E-state index contributed by atoms with van der Waals surface area (Å²) in [5, 5.41) is 14.6. The number of nitrogens with one attached hydrogen (secondary N) is 1. The Hall–Kier alpha value is -2.81. The van der Waals surface area contributed by atoms with Crippen LogP contribution in [0, 0.1) is 13.8 Å². The summed E-state index contributed by atoms with van der Waals surface area (Å²) in [6, 6.07) is 7.72. The molecule has 0 bridgehead atoms. The molecule has 0 fully saturated rings. The Bertz CT molecular complexity index is 881. The first kappa shape index (κ1) is 17.0. The number of carbonyl (C=O) groups is 1. The SMILES string of the molecule is Cc1ccc(-n2nnnc2S[C@@H](C)C(=O)Nc2ncccn2)c(C)c1. The van der Waals surface area contributed by atoms with Gasteiger partial charge in [0.05, 0.1) is 10.9 Å². The Morgan fingerprint density at radius 2 is 2.00 bits per heavy atom. The van der Waals surface area contributed by atoms with Crippen molar-refractivity contribution in [2.75, 3.05) is 5.32 Å². The first-order valence-corrected chi connectivity index (χ1v) is 8.53. The summed E-state index contributed by atoms with van der Waals surface area (Å²) in [7, 11) is 0. The predicted octanol–water partition coefficient (Wildman–Crippen LogP) is 2.19. The molecule has 3 aromatic rings. The van der Waals surface area contributed by atoms with Gasteiger partial charge in [-0.1, -0.05) is 29.5 Å². The van der Waals surface area contributed by atoms with Crippen LogP contribution < -0.4 is 5.32 Å². The molecule has 0 spiro atoms. The summed E-state index contributed by atoms with van der Waals surface area (Å²) < 4.78 is 1.64. The van der Waals surface area contributed by atoms with Crippen molar-refractivity contribution < 1.29 is 4.79 Å². The lowest BCUT2D eigenvalue weighted by molar-refractivity contribution is -0.115. The maximum atomic E-state index is 12.3. The van der Waals surface area contributed by atoms with Crippen LogP contribution in [0.5, 0.6) is 0 Å². The molecule has 128 valence electrons. The van der Waals surface area contributed by atoms with E-state index in [0.717, 1.165) is 11.3 Å². The lowest BCUT2D eigenvalue weighted by Gasteiger charge is -2.12. The molecule has 25 heavy (non-hydrogen) atoms. The van der Waals surface area contributed by atoms with E-state index in [1.807, 2.05) is 26.0 Å². The summed E-state index contributed by atoms with van der Waals surface area (Å²) in [6.45, 7) is 5.81. The van der Waals surface area contributed by atoms with Crippen LogP contribution in [-0.2, 0) is 4.79 Å². The van der Waals surface area contributed by atoms with Gasteiger partial charge in [0.2, 0.25) is 17.0 Å². The van der Waals surface area contributed by atoms with Crippen molar-refractivity contribution in [2.24, 2.45) is 0 Å². The van der Waals surface area contributed by atoms with Crippen LogP contribution in [0.1, 0.15) is 18.1 Å². The molecular weight excluding hydrogens is 338 g/mol. The zero-order valence-electron chi connectivity index (χ0n) is 14.0. The number of thioether (sulfide) groups is 1.